The third kappa shape index (κ3) is 5.16. The normalized spacial score (nSPS) is 19.2. The molecule has 2 saturated heterocycles. The molecular weight excluding hydrogens is 495 g/mol. The van der Waals surface area contributed by atoms with Crippen molar-refractivity contribution in [3.63, 3.8) is 0 Å². The van der Waals surface area contributed by atoms with E-state index in [-0.39, 0.29) is 5.78 Å². The molecule has 6 rings (SSSR count). The van der Waals surface area contributed by atoms with Crippen molar-refractivity contribution in [2.75, 3.05) is 26.2 Å². The SMILES string of the molecule is Cc1cc([C@@H]2CCCN2)cc(C)c1-c1cn2c(n1)sc1cc(C(=O)CCCCN3CCC(F)CC3)ccc12. The van der Waals surface area contributed by atoms with Crippen LogP contribution in [0, 0.1) is 13.8 Å². The molecule has 2 fully saturated rings. The van der Waals surface area contributed by atoms with Crippen LogP contribution in [0.3, 0.4) is 0 Å². The number of hydrogen-bond acceptors (Lipinski definition) is 5. The number of thiazole rings is 1. The van der Waals surface area contributed by atoms with E-state index in [0.717, 1.165) is 65.5 Å². The van der Waals surface area contributed by atoms with Crippen molar-refractivity contribution in [1.29, 1.82) is 0 Å². The number of benzene rings is 2. The highest BCUT2D eigenvalue weighted by atomic mass is 32.1. The maximum atomic E-state index is 13.3. The summed E-state index contributed by atoms with van der Waals surface area (Å²) in [5.74, 6) is 0.198. The fourth-order valence-electron chi connectivity index (χ4n) is 6.26. The molecule has 1 N–H and O–H groups in total. The first kappa shape index (κ1) is 25.7. The lowest BCUT2D eigenvalue weighted by Gasteiger charge is -2.28. The van der Waals surface area contributed by atoms with Crippen molar-refractivity contribution >= 4 is 32.3 Å². The number of nitrogens with zero attached hydrogens (tertiary/aromatic N) is 3. The van der Waals surface area contributed by atoms with Crippen LogP contribution in [0.25, 0.3) is 26.4 Å². The van der Waals surface area contributed by atoms with Gasteiger partial charge in [-0.05, 0) is 100 Å². The number of aryl methyl sites for hydroxylation is 2. The Morgan fingerprint density at radius 1 is 1.11 bits per heavy atom. The molecular formula is C31H37FN4OS. The van der Waals surface area contributed by atoms with Crippen LogP contribution >= 0.6 is 11.3 Å². The van der Waals surface area contributed by atoms with Gasteiger partial charge in [0.2, 0.25) is 0 Å². The summed E-state index contributed by atoms with van der Waals surface area (Å²) < 4.78 is 16.6. The molecule has 0 bridgehead atoms. The number of unbranched alkanes of at least 4 members (excludes halogenated alkanes) is 1. The average molecular weight is 533 g/mol. The third-order valence-corrected chi connectivity index (χ3v) is 9.35. The molecule has 0 unspecified atom stereocenters. The van der Waals surface area contributed by atoms with E-state index in [1.165, 1.54) is 35.1 Å². The molecule has 0 aliphatic carbocycles. The fraction of sp³-hybridized carbons (Fsp3) is 0.484. The first-order chi connectivity index (χ1) is 18.5. The van der Waals surface area contributed by atoms with Gasteiger partial charge in [0, 0.05) is 42.9 Å². The smallest absolute Gasteiger partial charge is 0.195 e. The van der Waals surface area contributed by atoms with Crippen molar-refractivity contribution in [3.8, 4) is 11.3 Å². The number of carbonyl (C=O) groups is 1. The molecule has 4 aromatic rings. The summed E-state index contributed by atoms with van der Waals surface area (Å²) >= 11 is 1.64. The Bertz CT molecular complexity index is 1440. The first-order valence-electron chi connectivity index (χ1n) is 14.1. The minimum absolute atomic E-state index is 0.198. The number of ketones is 1. The number of nitrogens with one attached hydrogen (secondary N) is 1. The summed E-state index contributed by atoms with van der Waals surface area (Å²) in [7, 11) is 0. The molecule has 2 aromatic carbocycles. The largest absolute Gasteiger partial charge is 0.310 e. The number of hydrogen-bond donors (Lipinski definition) is 1. The van der Waals surface area contributed by atoms with E-state index in [2.05, 4.69) is 52.9 Å². The Morgan fingerprint density at radius 3 is 2.63 bits per heavy atom. The van der Waals surface area contributed by atoms with Crippen LogP contribution in [0.1, 0.15) is 78.0 Å². The molecule has 4 heterocycles. The summed E-state index contributed by atoms with van der Waals surface area (Å²) in [6.45, 7) is 8.13. The predicted molar refractivity (Wildman–Crippen MR) is 154 cm³/mol. The summed E-state index contributed by atoms with van der Waals surface area (Å²) in [5, 5.41) is 3.61. The van der Waals surface area contributed by atoms with Gasteiger partial charge in [0.1, 0.15) is 6.17 Å². The first-order valence-corrected chi connectivity index (χ1v) is 14.9. The van der Waals surface area contributed by atoms with Crippen LogP contribution in [0.4, 0.5) is 4.39 Å². The van der Waals surface area contributed by atoms with Crippen molar-refractivity contribution in [2.24, 2.45) is 0 Å². The molecule has 200 valence electrons. The maximum Gasteiger partial charge on any atom is 0.195 e. The van der Waals surface area contributed by atoms with E-state index < -0.39 is 6.17 Å². The molecule has 0 spiro atoms. The highest BCUT2D eigenvalue weighted by Gasteiger charge is 2.21. The van der Waals surface area contributed by atoms with Gasteiger partial charge in [0.15, 0.2) is 10.7 Å². The van der Waals surface area contributed by atoms with Gasteiger partial charge in [-0.3, -0.25) is 9.20 Å². The molecule has 1 atom stereocenters. The highest BCUT2D eigenvalue weighted by Crippen LogP contribution is 2.35. The van der Waals surface area contributed by atoms with E-state index in [1.807, 2.05) is 12.1 Å². The standard InChI is InChI=1S/C31H37FN4OS/c1-20-16-23(25-6-5-12-33-25)17-21(2)30(20)26-19-36-27-9-8-22(18-29(27)38-31(36)34-26)28(37)7-3-4-13-35-14-10-24(32)11-15-35/h8-9,16-19,24-25,33H,3-7,10-15H2,1-2H3/t25-/m0/s1. The number of piperidine rings is 1. The Kier molecular flexibility index (Phi) is 7.34. The zero-order chi connectivity index (χ0) is 26.2. The molecule has 2 aliphatic rings. The molecule has 38 heavy (non-hydrogen) atoms. The Hall–Kier alpha value is -2.61. The number of imidazole rings is 1. The molecule has 0 radical (unpaired) electrons. The van der Waals surface area contributed by atoms with Crippen molar-refractivity contribution in [3.05, 3.63) is 58.8 Å². The van der Waals surface area contributed by atoms with E-state index in [1.54, 1.807) is 11.3 Å². The number of likely N-dealkylation sites (tertiary alicyclic amines) is 1. The molecule has 0 saturated carbocycles. The summed E-state index contributed by atoms with van der Waals surface area (Å²) in [5.41, 5.74) is 8.02. The average Bonchev–Trinajstić information content (AvgIpc) is 3.64. The Morgan fingerprint density at radius 2 is 1.89 bits per heavy atom. The monoisotopic (exact) mass is 532 g/mol. The van der Waals surface area contributed by atoms with Gasteiger partial charge in [-0.1, -0.05) is 23.5 Å². The Balaban J connectivity index is 1.14. The fourth-order valence-corrected chi connectivity index (χ4v) is 7.30. The predicted octanol–water partition coefficient (Wildman–Crippen LogP) is 7.04. The third-order valence-electron chi connectivity index (χ3n) is 8.34. The van der Waals surface area contributed by atoms with Gasteiger partial charge in [0.25, 0.3) is 0 Å². The topological polar surface area (TPSA) is 49.6 Å². The molecule has 2 aromatic heterocycles. The minimum atomic E-state index is -0.631. The molecule has 7 heteroatoms. The Labute approximate surface area is 228 Å². The van der Waals surface area contributed by atoms with Gasteiger partial charge < -0.3 is 10.2 Å². The van der Waals surface area contributed by atoms with Gasteiger partial charge in [-0.25, -0.2) is 9.37 Å². The van der Waals surface area contributed by atoms with Crippen molar-refractivity contribution < 1.29 is 9.18 Å². The summed E-state index contributed by atoms with van der Waals surface area (Å²) in [6.07, 6.45) is 7.66. The zero-order valence-corrected chi connectivity index (χ0v) is 23.2. The van der Waals surface area contributed by atoms with Crippen LogP contribution in [-0.4, -0.2) is 52.4 Å². The second-order valence-corrected chi connectivity index (χ2v) is 12.1. The molecule has 5 nitrogen and oxygen atoms in total. The number of Topliss-reactive ketones (excluding diaryl/α,β-unsaturated/α-hetero) is 1. The number of halogens is 1. The second-order valence-electron chi connectivity index (χ2n) is 11.1. The summed E-state index contributed by atoms with van der Waals surface area (Å²) in [4.78, 5) is 21.2. The lowest BCUT2D eigenvalue weighted by Crippen LogP contribution is -2.35. The number of fused-ring (bicyclic) bond motifs is 3. The maximum absolute atomic E-state index is 13.3. The van der Waals surface area contributed by atoms with E-state index in [4.69, 9.17) is 4.98 Å². The number of rotatable bonds is 8. The number of carbonyl (C=O) groups excluding carboxylic acids is 1. The molecule has 2 aliphatic heterocycles. The number of alkyl halides is 1. The quantitative estimate of drug-likeness (QED) is 0.195. The zero-order valence-electron chi connectivity index (χ0n) is 22.4. The molecule has 0 amide bonds. The second kappa shape index (κ2) is 10.9. The van der Waals surface area contributed by atoms with Crippen LogP contribution in [0.5, 0.6) is 0 Å². The van der Waals surface area contributed by atoms with Crippen LogP contribution in [0.2, 0.25) is 0 Å². The minimum Gasteiger partial charge on any atom is -0.310 e. The van der Waals surface area contributed by atoms with E-state index >= 15 is 0 Å². The van der Waals surface area contributed by atoms with Crippen LogP contribution in [0.15, 0.2) is 36.5 Å². The van der Waals surface area contributed by atoms with Gasteiger partial charge in [0.05, 0.1) is 15.9 Å². The van der Waals surface area contributed by atoms with E-state index in [0.29, 0.717) is 25.3 Å². The lowest BCUT2D eigenvalue weighted by atomic mass is 9.94. The van der Waals surface area contributed by atoms with Gasteiger partial charge in [-0.15, -0.1) is 0 Å². The van der Waals surface area contributed by atoms with Gasteiger partial charge >= 0.3 is 0 Å². The van der Waals surface area contributed by atoms with Crippen LogP contribution in [-0.2, 0) is 0 Å². The van der Waals surface area contributed by atoms with Crippen molar-refractivity contribution in [2.45, 2.75) is 71.0 Å². The highest BCUT2D eigenvalue weighted by molar-refractivity contribution is 7.23. The summed E-state index contributed by atoms with van der Waals surface area (Å²) in [6, 6.07) is 11.2. The van der Waals surface area contributed by atoms with Gasteiger partial charge in [-0.2, -0.15) is 0 Å². The lowest BCUT2D eigenvalue weighted by molar-refractivity contribution is 0.0976. The van der Waals surface area contributed by atoms with Crippen LogP contribution < -0.4 is 5.32 Å². The van der Waals surface area contributed by atoms with E-state index in [9.17, 15) is 9.18 Å². The number of aromatic nitrogens is 2. The van der Waals surface area contributed by atoms with Crippen molar-refractivity contribution in [1.82, 2.24) is 19.6 Å².